The summed E-state index contributed by atoms with van der Waals surface area (Å²) in [6, 6.07) is 7.58. The molecule has 8 heteroatoms. The van der Waals surface area contributed by atoms with Gasteiger partial charge in [0.2, 0.25) is 15.9 Å². The van der Waals surface area contributed by atoms with Crippen molar-refractivity contribution in [1.29, 1.82) is 0 Å². The van der Waals surface area contributed by atoms with Crippen LogP contribution >= 0.6 is 22.9 Å². The monoisotopic (exact) mass is 342 g/mol. The highest BCUT2D eigenvalue weighted by atomic mass is 35.5. The molecule has 1 amide bonds. The zero-order chi connectivity index (χ0) is 15.5. The van der Waals surface area contributed by atoms with Gasteiger partial charge in [0.05, 0.1) is 15.6 Å². The molecule has 110 valence electrons. The van der Waals surface area contributed by atoms with Gasteiger partial charge in [-0.15, -0.1) is 11.3 Å². The molecule has 0 saturated carbocycles. The Morgan fingerprint density at radius 3 is 2.71 bits per heavy atom. The topological polar surface area (TPSA) is 89.3 Å². The number of carbonyl (C=O) groups is 1. The first kappa shape index (κ1) is 15.7. The van der Waals surface area contributed by atoms with E-state index in [1.807, 2.05) is 17.5 Å². The molecule has 5 nitrogen and oxygen atoms in total. The normalized spacial score (nSPS) is 11.7. The molecule has 0 spiro atoms. The van der Waals surface area contributed by atoms with Gasteiger partial charge in [-0.25, -0.2) is 13.6 Å². The van der Waals surface area contributed by atoms with Gasteiger partial charge in [-0.05, 0) is 35.7 Å². The van der Waals surface area contributed by atoms with Crippen molar-refractivity contribution in [1.82, 2.24) is 0 Å². The van der Waals surface area contributed by atoms with Crippen molar-refractivity contribution in [2.75, 3.05) is 5.32 Å². The summed E-state index contributed by atoms with van der Waals surface area (Å²) < 4.78 is 22.5. The number of primary sulfonamides is 1. The fourth-order valence-electron chi connectivity index (χ4n) is 1.50. The predicted octanol–water partition coefficient (Wildman–Crippen LogP) is 2.70. The van der Waals surface area contributed by atoms with Gasteiger partial charge in [0, 0.05) is 11.0 Å². The number of thiophene rings is 1. The highest BCUT2D eigenvalue weighted by Crippen LogP contribution is 2.24. The summed E-state index contributed by atoms with van der Waals surface area (Å²) in [7, 11) is -3.85. The van der Waals surface area contributed by atoms with E-state index in [0.29, 0.717) is 0 Å². The third-order valence-corrected chi connectivity index (χ3v) is 4.54. The molecule has 0 radical (unpaired) electrons. The Bertz CT molecular complexity index is 784. The molecular weight excluding hydrogens is 332 g/mol. The van der Waals surface area contributed by atoms with E-state index in [1.54, 1.807) is 6.08 Å². The van der Waals surface area contributed by atoms with Crippen LogP contribution in [-0.2, 0) is 14.8 Å². The molecule has 0 unspecified atom stereocenters. The number of nitrogens with one attached hydrogen (secondary N) is 1. The van der Waals surface area contributed by atoms with Crippen molar-refractivity contribution >= 4 is 50.6 Å². The summed E-state index contributed by atoms with van der Waals surface area (Å²) in [5, 5.41) is 9.66. The van der Waals surface area contributed by atoms with E-state index in [1.165, 1.54) is 35.6 Å². The van der Waals surface area contributed by atoms with Crippen LogP contribution in [0.4, 0.5) is 5.69 Å². The smallest absolute Gasteiger partial charge is 0.248 e. The van der Waals surface area contributed by atoms with Crippen LogP contribution in [0.2, 0.25) is 5.02 Å². The number of amides is 1. The minimum Gasteiger partial charge on any atom is -0.321 e. The molecule has 0 bridgehead atoms. The Balaban J connectivity index is 2.17. The van der Waals surface area contributed by atoms with E-state index < -0.39 is 15.9 Å². The van der Waals surface area contributed by atoms with Crippen LogP contribution in [0.5, 0.6) is 0 Å². The van der Waals surface area contributed by atoms with Crippen molar-refractivity contribution in [2.24, 2.45) is 5.14 Å². The van der Waals surface area contributed by atoms with Crippen LogP contribution in [0.15, 0.2) is 46.7 Å². The molecule has 1 aromatic carbocycles. The van der Waals surface area contributed by atoms with Crippen LogP contribution < -0.4 is 10.5 Å². The number of halogens is 1. The number of sulfonamides is 1. The zero-order valence-electron chi connectivity index (χ0n) is 10.6. The Labute approximate surface area is 131 Å². The van der Waals surface area contributed by atoms with Gasteiger partial charge in [0.25, 0.3) is 0 Å². The minimum atomic E-state index is -3.85. The molecule has 1 aromatic heterocycles. The van der Waals surface area contributed by atoms with Crippen molar-refractivity contribution in [3.63, 3.8) is 0 Å². The van der Waals surface area contributed by atoms with Gasteiger partial charge in [-0.3, -0.25) is 4.79 Å². The van der Waals surface area contributed by atoms with E-state index in [9.17, 15) is 13.2 Å². The number of benzene rings is 1. The molecule has 2 rings (SSSR count). The van der Waals surface area contributed by atoms with Gasteiger partial charge in [0.15, 0.2) is 0 Å². The summed E-state index contributed by atoms with van der Waals surface area (Å²) in [4.78, 5) is 12.6. The number of carbonyl (C=O) groups excluding carboxylic acids is 1. The lowest BCUT2D eigenvalue weighted by Crippen LogP contribution is -2.14. The molecule has 1 heterocycles. The Hall–Kier alpha value is -1.67. The highest BCUT2D eigenvalue weighted by molar-refractivity contribution is 7.89. The second kappa shape index (κ2) is 6.40. The molecule has 0 aliphatic carbocycles. The second-order valence-corrected chi connectivity index (χ2v) is 6.97. The molecule has 0 atom stereocenters. The fraction of sp³-hybridized carbons (Fsp3) is 0. The highest BCUT2D eigenvalue weighted by Gasteiger charge is 2.11. The summed E-state index contributed by atoms with van der Waals surface area (Å²) >= 11 is 7.41. The third-order valence-electron chi connectivity index (χ3n) is 2.47. The first-order valence-corrected chi connectivity index (χ1v) is 8.51. The second-order valence-electron chi connectivity index (χ2n) is 4.02. The average molecular weight is 343 g/mol. The number of anilines is 1. The van der Waals surface area contributed by atoms with E-state index in [4.69, 9.17) is 16.7 Å². The SMILES string of the molecule is NS(=O)(=O)c1ccc(Cl)c(NC(=O)/C=C/c2cccs2)c1. The van der Waals surface area contributed by atoms with Crippen molar-refractivity contribution in [3.05, 3.63) is 51.7 Å². The maximum atomic E-state index is 11.8. The van der Waals surface area contributed by atoms with Crippen LogP contribution in [-0.4, -0.2) is 14.3 Å². The van der Waals surface area contributed by atoms with Crippen molar-refractivity contribution in [3.8, 4) is 0 Å². The van der Waals surface area contributed by atoms with E-state index in [-0.39, 0.29) is 15.6 Å². The number of hydrogen-bond donors (Lipinski definition) is 2. The van der Waals surface area contributed by atoms with Crippen LogP contribution in [0.3, 0.4) is 0 Å². The lowest BCUT2D eigenvalue weighted by molar-refractivity contribution is -0.111. The van der Waals surface area contributed by atoms with Crippen molar-refractivity contribution in [2.45, 2.75) is 4.90 Å². The molecule has 0 saturated heterocycles. The van der Waals surface area contributed by atoms with Crippen LogP contribution in [0.25, 0.3) is 6.08 Å². The summed E-state index contributed by atoms with van der Waals surface area (Å²) in [6.07, 6.45) is 2.99. The van der Waals surface area contributed by atoms with Gasteiger partial charge in [0.1, 0.15) is 0 Å². The Morgan fingerprint density at radius 1 is 1.33 bits per heavy atom. The first-order chi connectivity index (χ1) is 9.86. The molecule has 21 heavy (non-hydrogen) atoms. The lowest BCUT2D eigenvalue weighted by atomic mass is 10.3. The molecule has 0 aliphatic rings. The maximum Gasteiger partial charge on any atom is 0.248 e. The van der Waals surface area contributed by atoms with E-state index in [2.05, 4.69) is 5.32 Å². The van der Waals surface area contributed by atoms with Crippen LogP contribution in [0.1, 0.15) is 4.88 Å². The summed E-state index contributed by atoms with van der Waals surface area (Å²) in [6.45, 7) is 0. The van der Waals surface area contributed by atoms with Gasteiger partial charge < -0.3 is 5.32 Å². The van der Waals surface area contributed by atoms with Gasteiger partial charge >= 0.3 is 0 Å². The largest absolute Gasteiger partial charge is 0.321 e. The standard InChI is InChI=1S/C13H11ClN2O3S2/c14-11-5-4-10(21(15,18)19)8-12(11)16-13(17)6-3-9-2-1-7-20-9/h1-8H,(H,16,17)(H2,15,18,19)/b6-3+. The lowest BCUT2D eigenvalue weighted by Gasteiger charge is -2.07. The Kier molecular flexibility index (Phi) is 4.79. The molecular formula is C13H11ClN2O3S2. The third kappa shape index (κ3) is 4.40. The van der Waals surface area contributed by atoms with Gasteiger partial charge in [-0.1, -0.05) is 17.7 Å². The molecule has 0 aliphatic heterocycles. The Morgan fingerprint density at radius 2 is 2.10 bits per heavy atom. The molecule has 3 N–H and O–H groups in total. The maximum absolute atomic E-state index is 11.8. The summed E-state index contributed by atoms with van der Waals surface area (Å²) in [5.41, 5.74) is 0.184. The van der Waals surface area contributed by atoms with Gasteiger partial charge in [-0.2, -0.15) is 0 Å². The average Bonchev–Trinajstić information content (AvgIpc) is 2.91. The quantitative estimate of drug-likeness (QED) is 0.837. The van der Waals surface area contributed by atoms with E-state index >= 15 is 0 Å². The summed E-state index contributed by atoms with van der Waals surface area (Å²) in [5.74, 6) is -0.420. The predicted molar refractivity (Wildman–Crippen MR) is 84.8 cm³/mol. The number of hydrogen-bond acceptors (Lipinski definition) is 4. The zero-order valence-corrected chi connectivity index (χ0v) is 13.0. The van der Waals surface area contributed by atoms with Crippen molar-refractivity contribution < 1.29 is 13.2 Å². The number of rotatable bonds is 4. The van der Waals surface area contributed by atoms with E-state index in [0.717, 1.165) is 4.88 Å². The van der Waals surface area contributed by atoms with Crippen LogP contribution in [0, 0.1) is 0 Å². The number of nitrogens with two attached hydrogens (primary N) is 1. The fourth-order valence-corrected chi connectivity index (χ4v) is 2.82. The first-order valence-electron chi connectivity index (χ1n) is 5.71. The molecule has 2 aromatic rings. The molecule has 0 fully saturated rings. The minimum absolute atomic E-state index is 0.121.